The third-order valence-electron chi connectivity index (χ3n) is 2.48. The minimum atomic E-state index is -0.654. The third kappa shape index (κ3) is 1.52. The van der Waals surface area contributed by atoms with Gasteiger partial charge in [-0.15, -0.1) is 0 Å². The van der Waals surface area contributed by atoms with Crippen LogP contribution in [-0.2, 0) is 0 Å². The van der Waals surface area contributed by atoms with Crippen molar-refractivity contribution in [2.24, 2.45) is 0 Å². The first kappa shape index (κ1) is 10.3. The molecule has 0 unspecified atom stereocenters. The maximum atomic E-state index is 11.9. The molecule has 0 amide bonds. The number of aromatic hydroxyl groups is 1. The summed E-state index contributed by atoms with van der Waals surface area (Å²) in [7, 11) is 0. The van der Waals surface area contributed by atoms with Gasteiger partial charge in [-0.1, -0.05) is 0 Å². The second kappa shape index (κ2) is 3.58. The van der Waals surface area contributed by atoms with E-state index < -0.39 is 5.63 Å². The van der Waals surface area contributed by atoms with Gasteiger partial charge in [0.15, 0.2) is 0 Å². The summed E-state index contributed by atoms with van der Waals surface area (Å²) < 4.78 is 5.74. The zero-order chi connectivity index (χ0) is 12.0. The van der Waals surface area contributed by atoms with Crippen molar-refractivity contribution in [2.75, 3.05) is 0 Å². The molecule has 17 heavy (non-hydrogen) atoms. The Balaban J connectivity index is 2.75. The Morgan fingerprint density at radius 3 is 2.76 bits per heavy atom. The molecule has 0 saturated carbocycles. The van der Waals surface area contributed by atoms with Crippen LogP contribution in [0.1, 0.15) is 0 Å². The van der Waals surface area contributed by atoms with Crippen LogP contribution in [0.5, 0.6) is 5.75 Å². The van der Waals surface area contributed by atoms with E-state index in [0.717, 1.165) is 15.7 Å². The van der Waals surface area contributed by atoms with Crippen LogP contribution in [0.2, 0.25) is 0 Å². The Bertz CT molecular complexity index is 844. The summed E-state index contributed by atoms with van der Waals surface area (Å²) in [5.74, 6) is -0.294. The number of benzene rings is 1. The van der Waals surface area contributed by atoms with Crippen molar-refractivity contribution in [2.45, 2.75) is 0 Å². The molecule has 5 heteroatoms. The van der Waals surface area contributed by atoms with Gasteiger partial charge in [-0.3, -0.25) is 0 Å². The van der Waals surface area contributed by atoms with Crippen LogP contribution in [0.4, 0.5) is 0 Å². The van der Waals surface area contributed by atoms with Crippen molar-refractivity contribution in [3.05, 3.63) is 49.8 Å². The molecular formula is C12H6O4Se. The molecule has 0 saturated heterocycles. The van der Waals surface area contributed by atoms with Crippen LogP contribution in [-0.4, -0.2) is 19.6 Å². The maximum absolute atomic E-state index is 11.9. The standard InChI is InChI=1S/C12H6O4Se/c13-7-5-9(14)16-11-6-3-1-2-4-8(6)17-12(15)10(7)11/h1-5,13H. The van der Waals surface area contributed by atoms with Crippen LogP contribution in [0, 0.1) is 0 Å². The molecule has 2 aromatic heterocycles. The monoisotopic (exact) mass is 294 g/mol. The van der Waals surface area contributed by atoms with E-state index >= 15 is 0 Å². The fraction of sp³-hybridized carbons (Fsp3) is 0. The summed E-state index contributed by atoms with van der Waals surface area (Å²) in [5.41, 5.74) is -0.470. The van der Waals surface area contributed by atoms with E-state index in [9.17, 15) is 14.7 Å². The topological polar surface area (TPSA) is 67.5 Å². The molecule has 0 aliphatic heterocycles. The number of hydrogen-bond acceptors (Lipinski definition) is 4. The van der Waals surface area contributed by atoms with Crippen molar-refractivity contribution < 1.29 is 9.52 Å². The number of rotatable bonds is 0. The van der Waals surface area contributed by atoms with E-state index in [4.69, 9.17) is 4.42 Å². The second-order valence-electron chi connectivity index (χ2n) is 3.54. The van der Waals surface area contributed by atoms with E-state index in [1.807, 2.05) is 12.1 Å². The number of fused-ring (bicyclic) bond motifs is 3. The normalized spacial score (nSPS) is 11.1. The van der Waals surface area contributed by atoms with Gasteiger partial charge in [0.1, 0.15) is 0 Å². The van der Waals surface area contributed by atoms with Crippen molar-refractivity contribution >= 4 is 35.1 Å². The molecule has 3 aromatic rings. The minimum absolute atomic E-state index is 0.128. The summed E-state index contributed by atoms with van der Waals surface area (Å²) >= 11 is -0.388. The molecule has 0 aliphatic rings. The van der Waals surface area contributed by atoms with Gasteiger partial charge in [-0.05, 0) is 0 Å². The van der Waals surface area contributed by atoms with E-state index in [-0.39, 0.29) is 35.5 Å². The van der Waals surface area contributed by atoms with Gasteiger partial charge in [0, 0.05) is 0 Å². The Morgan fingerprint density at radius 2 is 1.94 bits per heavy atom. The number of hydrogen-bond donors (Lipinski definition) is 1. The average Bonchev–Trinajstić information content (AvgIpc) is 2.28. The third-order valence-corrected chi connectivity index (χ3v) is 4.50. The molecule has 0 atom stereocenters. The van der Waals surface area contributed by atoms with E-state index in [1.54, 1.807) is 12.1 Å². The van der Waals surface area contributed by atoms with Crippen LogP contribution in [0.15, 0.2) is 44.3 Å². The Labute approximate surface area is 100 Å². The van der Waals surface area contributed by atoms with Crippen molar-refractivity contribution in [3.63, 3.8) is 0 Å². The molecule has 0 bridgehead atoms. The molecule has 0 spiro atoms. The molecule has 4 nitrogen and oxygen atoms in total. The SMILES string of the molecule is O=c1cc(O)c2c(=O)[se]c3ccccc3c2o1. The van der Waals surface area contributed by atoms with Gasteiger partial charge >= 0.3 is 100 Å². The Morgan fingerprint density at radius 1 is 1.18 bits per heavy atom. The first-order chi connectivity index (χ1) is 8.16. The molecule has 0 fully saturated rings. The van der Waals surface area contributed by atoms with Crippen LogP contribution < -0.4 is 9.93 Å². The van der Waals surface area contributed by atoms with Crippen LogP contribution in [0.25, 0.3) is 20.6 Å². The van der Waals surface area contributed by atoms with Crippen LogP contribution in [0.3, 0.4) is 0 Å². The predicted octanol–water partition coefficient (Wildman–Crippen LogP) is 1.07. The molecule has 3 rings (SSSR count). The molecule has 0 aliphatic carbocycles. The van der Waals surface area contributed by atoms with Gasteiger partial charge in [0.2, 0.25) is 0 Å². The van der Waals surface area contributed by atoms with Crippen LogP contribution >= 0.6 is 0 Å². The summed E-state index contributed by atoms with van der Waals surface area (Å²) in [6.07, 6.45) is 0. The summed E-state index contributed by atoms with van der Waals surface area (Å²) in [6, 6.07) is 8.18. The summed E-state index contributed by atoms with van der Waals surface area (Å²) in [5, 5.41) is 10.5. The predicted molar refractivity (Wildman–Crippen MR) is 64.9 cm³/mol. The van der Waals surface area contributed by atoms with Crippen molar-refractivity contribution in [1.29, 1.82) is 0 Å². The molecule has 0 radical (unpaired) electrons. The van der Waals surface area contributed by atoms with Crippen molar-refractivity contribution in [3.8, 4) is 5.75 Å². The molecule has 2 heterocycles. The first-order valence-electron chi connectivity index (χ1n) is 4.85. The average molecular weight is 293 g/mol. The Hall–Kier alpha value is -1.84. The molecular weight excluding hydrogens is 287 g/mol. The molecule has 84 valence electrons. The van der Waals surface area contributed by atoms with Crippen molar-refractivity contribution in [1.82, 2.24) is 0 Å². The summed E-state index contributed by atoms with van der Waals surface area (Å²) in [6.45, 7) is 0. The summed E-state index contributed by atoms with van der Waals surface area (Å²) in [4.78, 5) is 23.1. The zero-order valence-electron chi connectivity index (χ0n) is 8.47. The van der Waals surface area contributed by atoms with E-state index in [1.165, 1.54) is 0 Å². The van der Waals surface area contributed by atoms with E-state index in [2.05, 4.69) is 0 Å². The molecule has 1 aromatic carbocycles. The first-order valence-corrected chi connectivity index (χ1v) is 6.57. The second-order valence-corrected chi connectivity index (χ2v) is 5.67. The van der Waals surface area contributed by atoms with Gasteiger partial charge < -0.3 is 0 Å². The zero-order valence-corrected chi connectivity index (χ0v) is 10.2. The van der Waals surface area contributed by atoms with Gasteiger partial charge in [0.25, 0.3) is 0 Å². The van der Waals surface area contributed by atoms with Gasteiger partial charge in [0.05, 0.1) is 0 Å². The molecule has 1 N–H and O–H groups in total. The Kier molecular flexibility index (Phi) is 2.18. The fourth-order valence-electron chi connectivity index (χ4n) is 1.76. The van der Waals surface area contributed by atoms with Gasteiger partial charge in [-0.25, -0.2) is 0 Å². The van der Waals surface area contributed by atoms with Gasteiger partial charge in [-0.2, -0.15) is 0 Å². The quantitative estimate of drug-likeness (QED) is 0.497. The fourth-order valence-corrected chi connectivity index (χ4v) is 3.68. The van der Waals surface area contributed by atoms with E-state index in [0.29, 0.717) is 0 Å².